The molecule has 1 aliphatic carbocycles. The highest BCUT2D eigenvalue weighted by Crippen LogP contribution is 2.32. The molecule has 0 radical (unpaired) electrons. The van der Waals surface area contributed by atoms with Gasteiger partial charge in [-0.05, 0) is 30.5 Å². The molecule has 1 fully saturated rings. The average molecular weight is 305 g/mol. The van der Waals surface area contributed by atoms with Crippen LogP contribution in [0.15, 0.2) is 18.2 Å². The van der Waals surface area contributed by atoms with Gasteiger partial charge in [0.25, 0.3) is 5.91 Å². The molecule has 1 aromatic carbocycles. The predicted molar refractivity (Wildman–Crippen MR) is 77.3 cm³/mol. The standard InChI is InChI=1S/C16H19NO5/c18-15(9-20-16(19)12-3-1-2-4-12)17-8-11-5-6-13-14(7-11)22-10-21-13/h5-7,12H,1-4,8-10H2,(H,17,18). The lowest BCUT2D eigenvalue weighted by molar-refractivity contribution is -0.152. The molecule has 118 valence electrons. The highest BCUT2D eigenvalue weighted by atomic mass is 16.7. The van der Waals surface area contributed by atoms with E-state index in [4.69, 9.17) is 14.2 Å². The first kappa shape index (κ1) is 14.7. The number of ether oxygens (including phenoxy) is 3. The second kappa shape index (κ2) is 6.68. The lowest BCUT2D eigenvalue weighted by Crippen LogP contribution is -2.29. The zero-order valence-electron chi connectivity index (χ0n) is 12.3. The minimum absolute atomic E-state index is 0.0262. The zero-order chi connectivity index (χ0) is 15.4. The van der Waals surface area contributed by atoms with E-state index in [2.05, 4.69) is 5.32 Å². The Labute approximate surface area is 128 Å². The molecule has 1 aromatic rings. The maximum Gasteiger partial charge on any atom is 0.309 e. The van der Waals surface area contributed by atoms with Crippen LogP contribution in [0, 0.1) is 5.92 Å². The van der Waals surface area contributed by atoms with Crippen molar-refractivity contribution < 1.29 is 23.8 Å². The Hall–Kier alpha value is -2.24. The molecule has 1 amide bonds. The topological polar surface area (TPSA) is 73.9 Å². The van der Waals surface area contributed by atoms with Crippen LogP contribution < -0.4 is 14.8 Å². The number of esters is 1. The third kappa shape index (κ3) is 3.50. The molecule has 1 heterocycles. The van der Waals surface area contributed by atoms with Gasteiger partial charge in [0, 0.05) is 6.54 Å². The number of nitrogens with one attached hydrogen (secondary N) is 1. The lowest BCUT2D eigenvalue weighted by Gasteiger charge is -2.10. The van der Waals surface area contributed by atoms with E-state index in [9.17, 15) is 9.59 Å². The molecule has 0 atom stereocenters. The number of amides is 1. The normalized spacial score (nSPS) is 16.5. The minimum Gasteiger partial charge on any atom is -0.455 e. The molecule has 0 spiro atoms. The highest BCUT2D eigenvalue weighted by Gasteiger charge is 2.24. The Morgan fingerprint density at radius 2 is 1.95 bits per heavy atom. The van der Waals surface area contributed by atoms with Crippen molar-refractivity contribution in [3.63, 3.8) is 0 Å². The number of carbonyl (C=O) groups is 2. The number of rotatable bonds is 5. The van der Waals surface area contributed by atoms with Crippen LogP contribution >= 0.6 is 0 Å². The third-order valence-corrected chi connectivity index (χ3v) is 3.96. The van der Waals surface area contributed by atoms with Gasteiger partial charge < -0.3 is 19.5 Å². The van der Waals surface area contributed by atoms with E-state index in [1.54, 1.807) is 0 Å². The fraction of sp³-hybridized carbons (Fsp3) is 0.500. The Kier molecular flexibility index (Phi) is 4.46. The van der Waals surface area contributed by atoms with Crippen molar-refractivity contribution in [2.24, 2.45) is 5.92 Å². The van der Waals surface area contributed by atoms with Crippen LogP contribution in [0.3, 0.4) is 0 Å². The number of benzene rings is 1. The van der Waals surface area contributed by atoms with Crippen molar-refractivity contribution in [2.45, 2.75) is 32.2 Å². The maximum absolute atomic E-state index is 11.7. The largest absolute Gasteiger partial charge is 0.455 e. The fourth-order valence-electron chi connectivity index (χ4n) is 2.72. The number of fused-ring (bicyclic) bond motifs is 1. The third-order valence-electron chi connectivity index (χ3n) is 3.96. The molecular formula is C16H19NO5. The van der Waals surface area contributed by atoms with E-state index in [1.807, 2.05) is 18.2 Å². The number of carbonyl (C=O) groups excluding carboxylic acids is 2. The van der Waals surface area contributed by atoms with Crippen LogP contribution in [0.5, 0.6) is 11.5 Å². The first-order valence-corrected chi connectivity index (χ1v) is 7.54. The van der Waals surface area contributed by atoms with Gasteiger partial charge in [-0.1, -0.05) is 18.9 Å². The van der Waals surface area contributed by atoms with Gasteiger partial charge >= 0.3 is 5.97 Å². The van der Waals surface area contributed by atoms with E-state index < -0.39 is 0 Å². The molecule has 1 aliphatic heterocycles. The Bertz CT molecular complexity index is 566. The van der Waals surface area contributed by atoms with Crippen molar-refractivity contribution in [3.05, 3.63) is 23.8 Å². The van der Waals surface area contributed by atoms with Gasteiger partial charge in [-0.3, -0.25) is 9.59 Å². The van der Waals surface area contributed by atoms with Gasteiger partial charge in [-0.2, -0.15) is 0 Å². The van der Waals surface area contributed by atoms with Gasteiger partial charge in [0.15, 0.2) is 18.1 Å². The summed E-state index contributed by atoms with van der Waals surface area (Å²) in [5.74, 6) is 0.807. The molecule has 6 nitrogen and oxygen atoms in total. The van der Waals surface area contributed by atoms with Crippen molar-refractivity contribution in [3.8, 4) is 11.5 Å². The molecule has 22 heavy (non-hydrogen) atoms. The first-order chi connectivity index (χ1) is 10.7. The predicted octanol–water partition coefficient (Wildman–Crippen LogP) is 1.76. The van der Waals surface area contributed by atoms with E-state index in [0.717, 1.165) is 31.2 Å². The Balaban J connectivity index is 1.41. The van der Waals surface area contributed by atoms with Gasteiger partial charge in [0.05, 0.1) is 5.92 Å². The van der Waals surface area contributed by atoms with E-state index >= 15 is 0 Å². The minimum atomic E-state index is -0.302. The molecule has 0 unspecified atom stereocenters. The van der Waals surface area contributed by atoms with Gasteiger partial charge in [-0.25, -0.2) is 0 Å². The molecule has 1 N–H and O–H groups in total. The van der Waals surface area contributed by atoms with Crippen molar-refractivity contribution in [1.82, 2.24) is 5.32 Å². The summed E-state index contributed by atoms with van der Waals surface area (Å²) in [6.07, 6.45) is 3.88. The maximum atomic E-state index is 11.7. The van der Waals surface area contributed by atoms with Crippen LogP contribution in [-0.2, 0) is 20.9 Å². The second-order valence-electron chi connectivity index (χ2n) is 5.55. The van der Waals surface area contributed by atoms with Gasteiger partial charge in [0.1, 0.15) is 0 Å². The van der Waals surface area contributed by atoms with E-state index in [-0.39, 0.29) is 31.2 Å². The first-order valence-electron chi connectivity index (χ1n) is 7.54. The van der Waals surface area contributed by atoms with Crippen LogP contribution in [0.25, 0.3) is 0 Å². The van der Waals surface area contributed by atoms with Crippen LogP contribution in [0.2, 0.25) is 0 Å². The molecule has 0 saturated heterocycles. The van der Waals surface area contributed by atoms with Gasteiger partial charge in [-0.15, -0.1) is 0 Å². The molecule has 0 bridgehead atoms. The quantitative estimate of drug-likeness (QED) is 0.839. The second-order valence-corrected chi connectivity index (χ2v) is 5.55. The summed E-state index contributed by atoms with van der Waals surface area (Å²) in [7, 11) is 0. The van der Waals surface area contributed by atoms with Crippen molar-refractivity contribution >= 4 is 11.9 Å². The number of hydrogen-bond acceptors (Lipinski definition) is 5. The summed E-state index contributed by atoms with van der Waals surface area (Å²) in [6.45, 7) is 0.360. The smallest absolute Gasteiger partial charge is 0.309 e. The van der Waals surface area contributed by atoms with Crippen LogP contribution in [0.1, 0.15) is 31.2 Å². The lowest BCUT2D eigenvalue weighted by atomic mass is 10.1. The molecule has 6 heteroatoms. The highest BCUT2D eigenvalue weighted by molar-refractivity contribution is 5.81. The fourth-order valence-corrected chi connectivity index (χ4v) is 2.72. The molecule has 0 aromatic heterocycles. The molecule has 2 aliphatic rings. The summed E-state index contributed by atoms with van der Waals surface area (Å²) >= 11 is 0. The molecular weight excluding hydrogens is 286 g/mol. The van der Waals surface area contributed by atoms with Crippen molar-refractivity contribution in [1.29, 1.82) is 0 Å². The average Bonchev–Trinajstić information content (AvgIpc) is 3.20. The summed E-state index contributed by atoms with van der Waals surface area (Å²) in [5, 5.41) is 2.72. The summed E-state index contributed by atoms with van der Waals surface area (Å²) in [6, 6.07) is 5.50. The Morgan fingerprint density at radius 1 is 1.18 bits per heavy atom. The van der Waals surface area contributed by atoms with Crippen LogP contribution in [0.4, 0.5) is 0 Å². The van der Waals surface area contributed by atoms with E-state index in [1.165, 1.54) is 0 Å². The van der Waals surface area contributed by atoms with Crippen LogP contribution in [-0.4, -0.2) is 25.3 Å². The summed E-state index contributed by atoms with van der Waals surface area (Å²) in [5.41, 5.74) is 0.903. The van der Waals surface area contributed by atoms with Crippen molar-refractivity contribution in [2.75, 3.05) is 13.4 Å². The zero-order valence-corrected chi connectivity index (χ0v) is 12.3. The number of hydrogen-bond donors (Lipinski definition) is 1. The SMILES string of the molecule is O=C(COC(=O)C1CCCC1)NCc1ccc2c(c1)OCO2. The van der Waals surface area contributed by atoms with E-state index in [0.29, 0.717) is 18.0 Å². The summed E-state index contributed by atoms with van der Waals surface area (Å²) in [4.78, 5) is 23.4. The Morgan fingerprint density at radius 3 is 2.77 bits per heavy atom. The molecule has 3 rings (SSSR count). The monoisotopic (exact) mass is 305 g/mol. The molecule has 1 saturated carbocycles. The van der Waals surface area contributed by atoms with Gasteiger partial charge in [0.2, 0.25) is 6.79 Å². The summed E-state index contributed by atoms with van der Waals surface area (Å²) < 4.78 is 15.6.